The van der Waals surface area contributed by atoms with Crippen LogP contribution in [0.2, 0.25) is 0 Å². The van der Waals surface area contributed by atoms with Gasteiger partial charge in [0.15, 0.2) is 0 Å². The van der Waals surface area contributed by atoms with Crippen LogP contribution in [0.15, 0.2) is 39.3 Å². The zero-order valence-electron chi connectivity index (χ0n) is 13.6. The zero-order valence-corrected chi connectivity index (χ0v) is 15.2. The Bertz CT molecular complexity index is 878. The van der Waals surface area contributed by atoms with Crippen molar-refractivity contribution in [2.45, 2.75) is 27.2 Å². The minimum Gasteiger partial charge on any atom is -0.361 e. The van der Waals surface area contributed by atoms with E-state index in [4.69, 9.17) is 4.52 Å². The normalized spacial score (nSPS) is 10.8. The van der Waals surface area contributed by atoms with Gasteiger partial charge in [-0.05, 0) is 39.0 Å². The molecular weight excluding hydrogens is 372 g/mol. The molecule has 6 nitrogen and oxygen atoms in total. The summed E-state index contributed by atoms with van der Waals surface area (Å²) in [5, 5.41) is 11.3. The highest BCUT2D eigenvalue weighted by Gasteiger charge is 2.16. The van der Waals surface area contributed by atoms with E-state index in [1.807, 2.05) is 44.2 Å². The van der Waals surface area contributed by atoms with Crippen LogP contribution in [0.5, 0.6) is 0 Å². The number of rotatable bonds is 4. The molecule has 7 heteroatoms. The van der Waals surface area contributed by atoms with E-state index in [0.29, 0.717) is 11.6 Å². The third-order valence-corrected chi connectivity index (χ3v) is 4.16. The maximum Gasteiger partial charge on any atom is 0.230 e. The number of nitrogens with zero attached hydrogens (tertiary/aromatic N) is 3. The first-order valence-corrected chi connectivity index (χ1v) is 8.27. The molecule has 124 valence electrons. The number of carbonyl (C=O) groups excluding carboxylic acids is 1. The van der Waals surface area contributed by atoms with Gasteiger partial charge in [0, 0.05) is 16.1 Å². The summed E-state index contributed by atoms with van der Waals surface area (Å²) in [6.45, 7) is 5.52. The van der Waals surface area contributed by atoms with Gasteiger partial charge < -0.3 is 9.84 Å². The number of aromatic nitrogens is 3. The average molecular weight is 389 g/mol. The SMILES string of the molecule is Cc1cc(NC(=O)Cc2c(C)noc2C)n(-c2cccc(Br)c2)n1. The molecule has 0 saturated heterocycles. The van der Waals surface area contributed by atoms with E-state index < -0.39 is 0 Å². The fraction of sp³-hybridized carbons (Fsp3) is 0.235. The second-order valence-corrected chi connectivity index (χ2v) is 6.51. The number of halogens is 1. The molecule has 1 aromatic carbocycles. The number of aryl methyl sites for hydroxylation is 3. The number of hydrogen-bond acceptors (Lipinski definition) is 4. The lowest BCUT2D eigenvalue weighted by Gasteiger charge is -2.09. The first-order chi connectivity index (χ1) is 11.4. The number of nitrogens with one attached hydrogen (secondary N) is 1. The molecule has 0 aliphatic carbocycles. The molecule has 0 atom stereocenters. The predicted molar refractivity (Wildman–Crippen MR) is 94.3 cm³/mol. The van der Waals surface area contributed by atoms with Gasteiger partial charge in [-0.3, -0.25) is 4.79 Å². The van der Waals surface area contributed by atoms with Crippen LogP contribution in [-0.2, 0) is 11.2 Å². The van der Waals surface area contributed by atoms with Crippen LogP contribution < -0.4 is 5.32 Å². The monoisotopic (exact) mass is 388 g/mol. The Morgan fingerprint density at radius 2 is 2.08 bits per heavy atom. The van der Waals surface area contributed by atoms with E-state index in [1.165, 1.54) is 0 Å². The van der Waals surface area contributed by atoms with E-state index >= 15 is 0 Å². The van der Waals surface area contributed by atoms with Crippen molar-refractivity contribution in [1.29, 1.82) is 0 Å². The van der Waals surface area contributed by atoms with Crippen molar-refractivity contribution < 1.29 is 9.32 Å². The van der Waals surface area contributed by atoms with E-state index in [1.54, 1.807) is 11.6 Å². The first kappa shape index (κ1) is 16.4. The molecule has 0 aliphatic rings. The fourth-order valence-electron chi connectivity index (χ4n) is 2.50. The largest absolute Gasteiger partial charge is 0.361 e. The lowest BCUT2D eigenvalue weighted by atomic mass is 10.1. The molecule has 3 aromatic rings. The standard InChI is InChI=1S/C17H17BrN4O2/c1-10-7-16(22(20-10)14-6-4-5-13(18)8-14)19-17(23)9-15-11(2)21-24-12(15)3/h4-8H,9H2,1-3H3,(H,19,23). The van der Waals surface area contributed by atoms with Crippen molar-refractivity contribution in [1.82, 2.24) is 14.9 Å². The lowest BCUT2D eigenvalue weighted by Crippen LogP contribution is -2.17. The van der Waals surface area contributed by atoms with Gasteiger partial charge in [0.1, 0.15) is 11.6 Å². The summed E-state index contributed by atoms with van der Waals surface area (Å²) < 4.78 is 7.76. The molecule has 0 unspecified atom stereocenters. The van der Waals surface area contributed by atoms with E-state index in [2.05, 4.69) is 31.5 Å². The predicted octanol–water partition coefficient (Wildman–Crippen LogP) is 3.73. The molecule has 24 heavy (non-hydrogen) atoms. The first-order valence-electron chi connectivity index (χ1n) is 7.48. The number of benzene rings is 1. The third-order valence-electron chi connectivity index (χ3n) is 3.67. The number of anilines is 1. The number of hydrogen-bond donors (Lipinski definition) is 1. The Kier molecular flexibility index (Phi) is 4.53. The summed E-state index contributed by atoms with van der Waals surface area (Å²) in [4.78, 5) is 12.4. The van der Waals surface area contributed by atoms with Gasteiger partial charge in [-0.15, -0.1) is 0 Å². The maximum atomic E-state index is 12.4. The molecule has 0 bridgehead atoms. The van der Waals surface area contributed by atoms with Crippen molar-refractivity contribution in [3.8, 4) is 5.69 Å². The number of amides is 1. The second-order valence-electron chi connectivity index (χ2n) is 5.59. The quantitative estimate of drug-likeness (QED) is 0.738. The van der Waals surface area contributed by atoms with Crippen LogP contribution in [0.4, 0.5) is 5.82 Å². The maximum absolute atomic E-state index is 12.4. The van der Waals surface area contributed by atoms with Crippen molar-refractivity contribution in [3.63, 3.8) is 0 Å². The Balaban J connectivity index is 1.84. The minimum absolute atomic E-state index is 0.138. The molecule has 0 saturated carbocycles. The molecule has 1 amide bonds. The molecule has 1 N–H and O–H groups in total. The van der Waals surface area contributed by atoms with Gasteiger partial charge in [-0.2, -0.15) is 5.10 Å². The Labute approximate surface area is 148 Å². The average Bonchev–Trinajstić information content (AvgIpc) is 3.04. The topological polar surface area (TPSA) is 73.0 Å². The highest BCUT2D eigenvalue weighted by Crippen LogP contribution is 2.21. The van der Waals surface area contributed by atoms with Gasteiger partial charge >= 0.3 is 0 Å². The van der Waals surface area contributed by atoms with E-state index in [0.717, 1.165) is 27.1 Å². The molecule has 0 aliphatic heterocycles. The molecular formula is C17H17BrN4O2. The van der Waals surface area contributed by atoms with E-state index in [9.17, 15) is 4.79 Å². The molecule has 2 heterocycles. The summed E-state index contributed by atoms with van der Waals surface area (Å²) in [6, 6.07) is 9.57. The molecule has 3 rings (SSSR count). The van der Waals surface area contributed by atoms with Crippen LogP contribution in [-0.4, -0.2) is 20.8 Å². The van der Waals surface area contributed by atoms with Crippen molar-refractivity contribution in [3.05, 3.63) is 57.5 Å². The molecule has 0 radical (unpaired) electrons. The van der Waals surface area contributed by atoms with E-state index in [-0.39, 0.29) is 12.3 Å². The summed E-state index contributed by atoms with van der Waals surface area (Å²) in [6.07, 6.45) is 0.212. The second kappa shape index (κ2) is 6.60. The zero-order chi connectivity index (χ0) is 17.3. The summed E-state index contributed by atoms with van der Waals surface area (Å²) in [5.41, 5.74) is 3.24. The van der Waals surface area contributed by atoms with Gasteiger partial charge in [0.05, 0.1) is 23.5 Å². The smallest absolute Gasteiger partial charge is 0.230 e. The summed E-state index contributed by atoms with van der Waals surface area (Å²) >= 11 is 3.45. The minimum atomic E-state index is -0.138. The van der Waals surface area contributed by atoms with Crippen LogP contribution >= 0.6 is 15.9 Å². The highest BCUT2D eigenvalue weighted by atomic mass is 79.9. The molecule has 2 aromatic heterocycles. The van der Waals surface area contributed by atoms with Gasteiger partial charge in [-0.25, -0.2) is 4.68 Å². The number of carbonyl (C=O) groups is 1. The third kappa shape index (κ3) is 3.41. The highest BCUT2D eigenvalue weighted by molar-refractivity contribution is 9.10. The van der Waals surface area contributed by atoms with Crippen molar-refractivity contribution in [2.75, 3.05) is 5.32 Å². The molecule has 0 fully saturated rings. The van der Waals surface area contributed by atoms with Crippen LogP contribution in [0.1, 0.15) is 22.7 Å². The van der Waals surface area contributed by atoms with Gasteiger partial charge in [0.25, 0.3) is 0 Å². The van der Waals surface area contributed by atoms with Crippen LogP contribution in [0.25, 0.3) is 5.69 Å². The Morgan fingerprint density at radius 1 is 1.29 bits per heavy atom. The fourth-order valence-corrected chi connectivity index (χ4v) is 2.88. The van der Waals surface area contributed by atoms with Crippen LogP contribution in [0.3, 0.4) is 0 Å². The Hall–Kier alpha value is -2.41. The summed E-state index contributed by atoms with van der Waals surface area (Å²) in [5.74, 6) is 1.15. The van der Waals surface area contributed by atoms with Gasteiger partial charge in [0.2, 0.25) is 5.91 Å². The lowest BCUT2D eigenvalue weighted by molar-refractivity contribution is -0.115. The molecule has 0 spiro atoms. The van der Waals surface area contributed by atoms with Gasteiger partial charge in [-0.1, -0.05) is 27.2 Å². The van der Waals surface area contributed by atoms with Crippen LogP contribution in [0, 0.1) is 20.8 Å². The summed E-state index contributed by atoms with van der Waals surface area (Å²) in [7, 11) is 0. The van der Waals surface area contributed by atoms with Crippen molar-refractivity contribution in [2.24, 2.45) is 0 Å². The van der Waals surface area contributed by atoms with Crippen molar-refractivity contribution >= 4 is 27.7 Å². The Morgan fingerprint density at radius 3 is 2.75 bits per heavy atom.